The molecule has 1 heterocycles. The van der Waals surface area contributed by atoms with Crippen LogP contribution in [0.25, 0.3) is 0 Å². The van der Waals surface area contributed by atoms with Crippen LogP contribution in [0.5, 0.6) is 0 Å². The van der Waals surface area contributed by atoms with Gasteiger partial charge in [0.25, 0.3) is 0 Å². The average molecular weight is 476 g/mol. The van der Waals surface area contributed by atoms with Crippen molar-refractivity contribution < 1.29 is 27.8 Å². The molecule has 1 fully saturated rings. The first-order valence-electron chi connectivity index (χ1n) is 11.9. The number of nitrogens with zero attached hydrogens (tertiary/aromatic N) is 1. The van der Waals surface area contributed by atoms with E-state index < -0.39 is 29.7 Å². The number of benzene rings is 1. The first-order chi connectivity index (χ1) is 15.9. The van der Waals surface area contributed by atoms with Crippen LogP contribution in [-0.4, -0.2) is 23.0 Å². The van der Waals surface area contributed by atoms with Crippen molar-refractivity contribution in [2.24, 2.45) is 5.41 Å². The van der Waals surface area contributed by atoms with Gasteiger partial charge in [-0.2, -0.15) is 13.2 Å². The van der Waals surface area contributed by atoms with Gasteiger partial charge in [0.05, 0.1) is 29.0 Å². The molecule has 0 radical (unpaired) electrons. The van der Waals surface area contributed by atoms with Crippen LogP contribution in [0.3, 0.4) is 0 Å². The zero-order chi connectivity index (χ0) is 24.8. The Morgan fingerprint density at radius 3 is 2.50 bits per heavy atom. The van der Waals surface area contributed by atoms with Crippen molar-refractivity contribution in [2.75, 3.05) is 7.11 Å². The van der Waals surface area contributed by atoms with Gasteiger partial charge in [0.2, 0.25) is 0 Å². The molecule has 1 saturated carbocycles. The van der Waals surface area contributed by atoms with Gasteiger partial charge in [-0.15, -0.1) is 0 Å². The van der Waals surface area contributed by atoms with Gasteiger partial charge in [-0.05, 0) is 61.6 Å². The molecule has 0 saturated heterocycles. The molecule has 1 unspecified atom stereocenters. The van der Waals surface area contributed by atoms with Crippen LogP contribution in [0.4, 0.5) is 13.2 Å². The molecule has 2 aliphatic carbocycles. The van der Waals surface area contributed by atoms with Gasteiger partial charge >= 0.3 is 6.18 Å². The summed E-state index contributed by atoms with van der Waals surface area (Å²) in [5.74, 6) is -0.445. The Balaban J connectivity index is 1.99. The number of ether oxygens (including phenoxy) is 1. The van der Waals surface area contributed by atoms with Gasteiger partial charge in [0, 0.05) is 23.9 Å². The highest BCUT2D eigenvalue weighted by Crippen LogP contribution is 2.48. The zero-order valence-corrected chi connectivity index (χ0v) is 20.1. The average Bonchev–Trinajstić information content (AvgIpc) is 3.30. The molecule has 2 atom stereocenters. The third kappa shape index (κ3) is 4.65. The summed E-state index contributed by atoms with van der Waals surface area (Å²) >= 11 is 0. The van der Waals surface area contributed by atoms with Crippen LogP contribution in [0.1, 0.15) is 115 Å². The number of pyridine rings is 1. The summed E-state index contributed by atoms with van der Waals surface area (Å²) in [6.45, 7) is 5.95. The summed E-state index contributed by atoms with van der Waals surface area (Å²) in [6, 6.07) is 4.54. The summed E-state index contributed by atoms with van der Waals surface area (Å²) < 4.78 is 45.8. The zero-order valence-electron chi connectivity index (χ0n) is 20.1. The van der Waals surface area contributed by atoms with Crippen molar-refractivity contribution in [2.45, 2.75) is 83.6 Å². The molecule has 1 aromatic heterocycles. The van der Waals surface area contributed by atoms with E-state index in [9.17, 15) is 23.1 Å². The largest absolute Gasteiger partial charge is 0.416 e. The second kappa shape index (κ2) is 9.08. The van der Waals surface area contributed by atoms with E-state index in [1.807, 2.05) is 0 Å². The van der Waals surface area contributed by atoms with Gasteiger partial charge in [-0.1, -0.05) is 38.8 Å². The fraction of sp³-hybridized carbons (Fsp3) is 0.556. The first kappa shape index (κ1) is 24.9. The van der Waals surface area contributed by atoms with Crippen molar-refractivity contribution in [3.05, 3.63) is 63.5 Å². The molecule has 1 N–H and O–H groups in total. The molecule has 2 aromatic rings. The summed E-state index contributed by atoms with van der Waals surface area (Å²) in [5, 5.41) is 11.2. The number of halogens is 3. The predicted octanol–water partition coefficient (Wildman–Crippen LogP) is 6.70. The second-order valence-corrected chi connectivity index (χ2v) is 10.5. The molecule has 4 nitrogen and oxygen atoms in total. The lowest BCUT2D eigenvalue weighted by Gasteiger charge is -2.37. The standard InChI is InChI=1S/C27H32F3NO3/c1-15(34-4)24-23(25(33)17-10-7-11-18(12-17)27(28,29)30)21(16-8-5-6-9-16)22-19(31-24)13-26(2,3)14-20(22)32/h7,10-12,15-16,20,32H,5-6,8-9,13-14H2,1-4H3/t15?,20-/m0/s1. The molecular formula is C27H32F3NO3. The van der Waals surface area contributed by atoms with E-state index in [0.717, 1.165) is 49.1 Å². The lowest BCUT2D eigenvalue weighted by molar-refractivity contribution is -0.137. The number of hydrogen-bond donors (Lipinski definition) is 1. The fourth-order valence-electron chi connectivity index (χ4n) is 5.61. The van der Waals surface area contributed by atoms with E-state index in [2.05, 4.69) is 13.8 Å². The van der Waals surface area contributed by atoms with Crippen molar-refractivity contribution in [3.8, 4) is 0 Å². The van der Waals surface area contributed by atoms with Crippen LogP contribution >= 0.6 is 0 Å². The fourth-order valence-corrected chi connectivity index (χ4v) is 5.61. The Morgan fingerprint density at radius 1 is 1.21 bits per heavy atom. The highest BCUT2D eigenvalue weighted by molar-refractivity contribution is 6.11. The van der Waals surface area contributed by atoms with Crippen LogP contribution in [-0.2, 0) is 17.3 Å². The van der Waals surface area contributed by atoms with Crippen LogP contribution in [0.15, 0.2) is 24.3 Å². The Labute approximate surface area is 198 Å². The van der Waals surface area contributed by atoms with Crippen molar-refractivity contribution in [3.63, 3.8) is 0 Å². The van der Waals surface area contributed by atoms with Crippen LogP contribution in [0, 0.1) is 5.41 Å². The topological polar surface area (TPSA) is 59.4 Å². The molecule has 2 aliphatic rings. The van der Waals surface area contributed by atoms with Crippen molar-refractivity contribution >= 4 is 5.78 Å². The number of hydrogen-bond acceptors (Lipinski definition) is 4. The van der Waals surface area contributed by atoms with Gasteiger partial charge in [0.15, 0.2) is 5.78 Å². The minimum Gasteiger partial charge on any atom is -0.388 e. The van der Waals surface area contributed by atoms with Crippen molar-refractivity contribution in [1.29, 1.82) is 0 Å². The third-order valence-electron chi connectivity index (χ3n) is 7.29. The number of aliphatic hydroxyl groups is 1. The maximum atomic E-state index is 13.9. The molecule has 34 heavy (non-hydrogen) atoms. The number of carbonyl (C=O) groups is 1. The monoisotopic (exact) mass is 475 g/mol. The van der Waals surface area contributed by atoms with Gasteiger partial charge in [-0.3, -0.25) is 9.78 Å². The number of ketones is 1. The molecule has 184 valence electrons. The molecule has 1 aromatic carbocycles. The summed E-state index contributed by atoms with van der Waals surface area (Å²) in [6.07, 6.45) is -0.904. The highest BCUT2D eigenvalue weighted by Gasteiger charge is 2.40. The minimum absolute atomic E-state index is 0.0361. The van der Waals surface area contributed by atoms with Crippen molar-refractivity contribution in [1.82, 2.24) is 4.98 Å². The minimum atomic E-state index is -4.55. The number of alkyl halides is 3. The summed E-state index contributed by atoms with van der Waals surface area (Å²) in [5.41, 5.74) is 1.92. The maximum absolute atomic E-state index is 13.9. The number of methoxy groups -OCH3 is 1. The lowest BCUT2D eigenvalue weighted by Crippen LogP contribution is -2.31. The van der Waals surface area contributed by atoms with Crippen LogP contribution < -0.4 is 0 Å². The normalized spacial score (nSPS) is 21.4. The molecule has 0 bridgehead atoms. The van der Waals surface area contributed by atoms with E-state index in [4.69, 9.17) is 9.72 Å². The lowest BCUT2D eigenvalue weighted by atomic mass is 9.71. The Bertz CT molecular complexity index is 1090. The molecule has 7 heteroatoms. The number of aliphatic hydroxyl groups excluding tert-OH is 1. The summed E-state index contributed by atoms with van der Waals surface area (Å²) in [7, 11) is 1.53. The van der Waals surface area contributed by atoms with Gasteiger partial charge in [0.1, 0.15) is 0 Å². The molecule has 4 rings (SSSR count). The Hall–Kier alpha value is -2.25. The third-order valence-corrected chi connectivity index (χ3v) is 7.29. The van der Waals surface area contributed by atoms with E-state index in [1.54, 1.807) is 6.92 Å². The molecule has 0 aliphatic heterocycles. The van der Waals surface area contributed by atoms with E-state index in [1.165, 1.54) is 19.2 Å². The molecule has 0 amide bonds. The van der Waals surface area contributed by atoms with E-state index in [-0.39, 0.29) is 16.9 Å². The molecule has 0 spiro atoms. The number of rotatable bonds is 5. The maximum Gasteiger partial charge on any atom is 0.416 e. The van der Waals surface area contributed by atoms with Crippen LogP contribution in [0.2, 0.25) is 0 Å². The Kier molecular flexibility index (Phi) is 6.64. The summed E-state index contributed by atoms with van der Waals surface area (Å²) in [4.78, 5) is 18.8. The number of carbonyl (C=O) groups excluding carboxylic acids is 1. The smallest absolute Gasteiger partial charge is 0.388 e. The first-order valence-corrected chi connectivity index (χ1v) is 11.9. The van der Waals surface area contributed by atoms with Gasteiger partial charge < -0.3 is 9.84 Å². The Morgan fingerprint density at radius 2 is 1.88 bits per heavy atom. The molecular weight excluding hydrogens is 443 g/mol. The quantitative estimate of drug-likeness (QED) is 0.489. The SMILES string of the molecule is COC(C)c1nc2c(c(C3CCCC3)c1C(=O)c1cccc(C(F)(F)F)c1)[C@@H](O)CC(C)(C)C2. The van der Waals surface area contributed by atoms with E-state index in [0.29, 0.717) is 29.7 Å². The second-order valence-electron chi connectivity index (χ2n) is 10.5. The number of fused-ring (bicyclic) bond motifs is 1. The predicted molar refractivity (Wildman–Crippen MR) is 123 cm³/mol. The van der Waals surface area contributed by atoms with Gasteiger partial charge in [-0.25, -0.2) is 0 Å². The van der Waals surface area contributed by atoms with E-state index >= 15 is 0 Å². The highest BCUT2D eigenvalue weighted by atomic mass is 19.4. The number of aromatic nitrogens is 1.